The summed E-state index contributed by atoms with van der Waals surface area (Å²) in [6.45, 7) is 1.04. The second-order valence-corrected chi connectivity index (χ2v) is 6.38. The lowest BCUT2D eigenvalue weighted by molar-refractivity contribution is 0.148. The number of hydrogen-bond donors (Lipinski definition) is 1. The molecular formula is C14H16FNO4S. The Bertz CT molecular complexity index is 655. The molecule has 5 nitrogen and oxygen atoms in total. The van der Waals surface area contributed by atoms with Crippen molar-refractivity contribution in [2.45, 2.75) is 11.3 Å². The van der Waals surface area contributed by atoms with Crippen molar-refractivity contribution in [3.8, 4) is 11.8 Å². The van der Waals surface area contributed by atoms with Crippen LogP contribution in [-0.2, 0) is 14.8 Å². The third-order valence-corrected chi connectivity index (χ3v) is 5.00. The number of aliphatic hydroxyl groups is 1. The van der Waals surface area contributed by atoms with Gasteiger partial charge in [0.05, 0.1) is 11.5 Å². The Morgan fingerprint density at radius 3 is 2.90 bits per heavy atom. The Labute approximate surface area is 123 Å². The molecule has 1 saturated heterocycles. The summed E-state index contributed by atoms with van der Waals surface area (Å²) in [6.07, 6.45) is 0.609. The third kappa shape index (κ3) is 3.80. The lowest BCUT2D eigenvalue weighted by Gasteiger charge is -2.20. The molecule has 0 radical (unpaired) electrons. The number of ether oxygens (including phenoxy) is 1. The van der Waals surface area contributed by atoms with Crippen LogP contribution in [0.4, 0.5) is 4.39 Å². The van der Waals surface area contributed by atoms with Gasteiger partial charge in [0.2, 0.25) is 10.0 Å². The third-order valence-electron chi connectivity index (χ3n) is 3.04. The topological polar surface area (TPSA) is 66.8 Å². The van der Waals surface area contributed by atoms with Gasteiger partial charge < -0.3 is 9.84 Å². The normalized spacial score (nSPS) is 16.9. The minimum Gasteiger partial charge on any atom is -0.384 e. The number of hydrogen-bond acceptors (Lipinski definition) is 4. The summed E-state index contributed by atoms with van der Waals surface area (Å²) >= 11 is 0. The van der Waals surface area contributed by atoms with Crippen molar-refractivity contribution in [2.75, 3.05) is 32.9 Å². The standard InChI is InChI=1S/C14H16FNO4S/c15-13-4-5-14(12(11-13)3-1-8-17)21(18,19)16-6-2-9-20-10-7-16/h4-5,11,17H,2,6-10H2. The van der Waals surface area contributed by atoms with Crippen LogP contribution in [0, 0.1) is 17.7 Å². The number of rotatable bonds is 2. The van der Waals surface area contributed by atoms with E-state index in [-0.39, 0.29) is 17.0 Å². The SMILES string of the molecule is O=S(=O)(c1ccc(F)cc1C#CCO)N1CCCOCC1. The van der Waals surface area contributed by atoms with Crippen molar-refractivity contribution in [2.24, 2.45) is 0 Å². The van der Waals surface area contributed by atoms with Crippen molar-refractivity contribution < 1.29 is 22.7 Å². The second-order valence-electron chi connectivity index (χ2n) is 4.47. The van der Waals surface area contributed by atoms with E-state index < -0.39 is 22.4 Å². The maximum absolute atomic E-state index is 13.3. The van der Waals surface area contributed by atoms with Crippen LogP contribution < -0.4 is 0 Å². The van der Waals surface area contributed by atoms with Gasteiger partial charge in [-0.1, -0.05) is 11.8 Å². The number of halogens is 1. The fourth-order valence-electron chi connectivity index (χ4n) is 2.06. The monoisotopic (exact) mass is 313 g/mol. The van der Waals surface area contributed by atoms with E-state index in [1.807, 2.05) is 0 Å². The molecule has 2 rings (SSSR count). The molecule has 0 spiro atoms. The summed E-state index contributed by atoms with van der Waals surface area (Å²) < 4.78 is 45.2. The van der Waals surface area contributed by atoms with Gasteiger partial charge in [-0.2, -0.15) is 4.31 Å². The zero-order valence-corrected chi connectivity index (χ0v) is 12.2. The highest BCUT2D eigenvalue weighted by molar-refractivity contribution is 7.89. The molecule has 114 valence electrons. The summed E-state index contributed by atoms with van der Waals surface area (Å²) in [7, 11) is -3.76. The zero-order chi connectivity index (χ0) is 15.3. The molecule has 21 heavy (non-hydrogen) atoms. The molecule has 0 bridgehead atoms. The van der Waals surface area contributed by atoms with E-state index in [1.165, 1.54) is 10.4 Å². The number of nitrogens with zero attached hydrogens (tertiary/aromatic N) is 1. The number of aliphatic hydroxyl groups excluding tert-OH is 1. The Kier molecular flexibility index (Phi) is 5.31. The molecule has 0 aliphatic carbocycles. The van der Waals surface area contributed by atoms with Gasteiger partial charge in [-0.25, -0.2) is 12.8 Å². The second kappa shape index (κ2) is 7.00. The number of benzene rings is 1. The molecular weight excluding hydrogens is 297 g/mol. The Hall–Kier alpha value is -1.46. The van der Waals surface area contributed by atoms with E-state index in [2.05, 4.69) is 11.8 Å². The van der Waals surface area contributed by atoms with E-state index in [9.17, 15) is 12.8 Å². The molecule has 0 saturated carbocycles. The molecule has 0 atom stereocenters. The molecule has 1 fully saturated rings. The molecule has 7 heteroatoms. The van der Waals surface area contributed by atoms with Gasteiger partial charge in [0.1, 0.15) is 12.4 Å². The fourth-order valence-corrected chi connectivity index (χ4v) is 3.65. The van der Waals surface area contributed by atoms with E-state index in [0.29, 0.717) is 26.2 Å². The van der Waals surface area contributed by atoms with Gasteiger partial charge in [-0.05, 0) is 24.6 Å². The Morgan fingerprint density at radius 2 is 2.14 bits per heavy atom. The van der Waals surface area contributed by atoms with Crippen LogP contribution in [0.25, 0.3) is 0 Å². The predicted octanol–water partition coefficient (Wildman–Crippen LogP) is 0.581. The van der Waals surface area contributed by atoms with Gasteiger partial charge in [0, 0.05) is 25.3 Å². The van der Waals surface area contributed by atoms with Crippen molar-refractivity contribution in [1.82, 2.24) is 4.31 Å². The first kappa shape index (κ1) is 15.9. The van der Waals surface area contributed by atoms with Crippen molar-refractivity contribution in [3.05, 3.63) is 29.6 Å². The summed E-state index contributed by atoms with van der Waals surface area (Å²) in [5.41, 5.74) is 0.0502. The average Bonchev–Trinajstić information content (AvgIpc) is 2.74. The van der Waals surface area contributed by atoms with E-state index in [1.54, 1.807) is 0 Å². The fraction of sp³-hybridized carbons (Fsp3) is 0.429. The Morgan fingerprint density at radius 1 is 1.33 bits per heavy atom. The van der Waals surface area contributed by atoms with Crippen LogP contribution in [0.15, 0.2) is 23.1 Å². The van der Waals surface area contributed by atoms with Crippen molar-refractivity contribution in [1.29, 1.82) is 0 Å². The Balaban J connectivity index is 2.43. The lowest BCUT2D eigenvalue weighted by Crippen LogP contribution is -2.33. The quantitative estimate of drug-likeness (QED) is 0.811. The van der Waals surface area contributed by atoms with Gasteiger partial charge in [0.15, 0.2) is 0 Å². The molecule has 1 aliphatic rings. The van der Waals surface area contributed by atoms with Gasteiger partial charge in [0.25, 0.3) is 0 Å². The first-order chi connectivity index (χ1) is 10.1. The highest BCUT2D eigenvalue weighted by atomic mass is 32.2. The maximum Gasteiger partial charge on any atom is 0.244 e. The summed E-state index contributed by atoms with van der Waals surface area (Å²) in [4.78, 5) is -0.0493. The molecule has 0 unspecified atom stereocenters. The van der Waals surface area contributed by atoms with Crippen LogP contribution >= 0.6 is 0 Å². The van der Waals surface area contributed by atoms with Gasteiger partial charge in [-0.3, -0.25) is 0 Å². The largest absolute Gasteiger partial charge is 0.384 e. The molecule has 1 aromatic carbocycles. The van der Waals surface area contributed by atoms with Gasteiger partial charge >= 0.3 is 0 Å². The van der Waals surface area contributed by atoms with Crippen molar-refractivity contribution >= 4 is 10.0 Å². The minimum absolute atomic E-state index is 0.0493. The van der Waals surface area contributed by atoms with E-state index in [4.69, 9.17) is 9.84 Å². The molecule has 1 N–H and O–H groups in total. The van der Waals surface area contributed by atoms with Crippen LogP contribution in [-0.4, -0.2) is 50.7 Å². The first-order valence-electron chi connectivity index (χ1n) is 6.53. The molecule has 0 aromatic heterocycles. The average molecular weight is 313 g/mol. The van der Waals surface area contributed by atoms with E-state index in [0.717, 1.165) is 12.1 Å². The van der Waals surface area contributed by atoms with Crippen LogP contribution in [0.1, 0.15) is 12.0 Å². The molecule has 0 amide bonds. The lowest BCUT2D eigenvalue weighted by atomic mass is 10.2. The van der Waals surface area contributed by atoms with Crippen LogP contribution in [0.5, 0.6) is 0 Å². The molecule has 1 heterocycles. The molecule has 1 aliphatic heterocycles. The maximum atomic E-state index is 13.3. The summed E-state index contributed by atoms with van der Waals surface area (Å²) in [5.74, 6) is 4.26. The molecule has 1 aromatic rings. The smallest absolute Gasteiger partial charge is 0.244 e. The minimum atomic E-state index is -3.76. The highest BCUT2D eigenvalue weighted by Crippen LogP contribution is 2.21. The predicted molar refractivity (Wildman–Crippen MR) is 74.6 cm³/mol. The zero-order valence-electron chi connectivity index (χ0n) is 11.4. The van der Waals surface area contributed by atoms with Crippen LogP contribution in [0.3, 0.4) is 0 Å². The van der Waals surface area contributed by atoms with Gasteiger partial charge in [-0.15, -0.1) is 0 Å². The van der Waals surface area contributed by atoms with Crippen molar-refractivity contribution in [3.63, 3.8) is 0 Å². The van der Waals surface area contributed by atoms with E-state index >= 15 is 0 Å². The first-order valence-corrected chi connectivity index (χ1v) is 7.97. The highest BCUT2D eigenvalue weighted by Gasteiger charge is 2.27. The van der Waals surface area contributed by atoms with Crippen LogP contribution in [0.2, 0.25) is 0 Å². The summed E-state index contributed by atoms with van der Waals surface area (Å²) in [6, 6.07) is 3.35. The number of sulfonamides is 1. The summed E-state index contributed by atoms with van der Waals surface area (Å²) in [5, 5.41) is 8.73.